The van der Waals surface area contributed by atoms with Crippen molar-refractivity contribution in [3.05, 3.63) is 0 Å². The zero-order valence-corrected chi connectivity index (χ0v) is 19.6. The van der Waals surface area contributed by atoms with Gasteiger partial charge >= 0.3 is 17.9 Å². The maximum atomic E-state index is 11.7. The average Bonchev–Trinajstić information content (AvgIpc) is 2.73. The minimum atomic E-state index is -2.31. The zero-order chi connectivity index (χ0) is 24.5. The van der Waals surface area contributed by atoms with Crippen molar-refractivity contribution in [2.24, 2.45) is 0 Å². The number of unbranched alkanes of at least 4 members (excludes halogenated alkanes) is 11. The van der Waals surface area contributed by atoms with Crippen LogP contribution in [0.4, 0.5) is 0 Å². The summed E-state index contributed by atoms with van der Waals surface area (Å²) in [6, 6.07) is -4.26. The molecule has 0 aromatic rings. The second-order valence-electron chi connectivity index (χ2n) is 8.58. The minimum Gasteiger partial charge on any atom is -0.480 e. The second kappa shape index (κ2) is 17.8. The molecule has 0 aromatic heterocycles. The first-order chi connectivity index (χ1) is 15.2. The Morgan fingerprint density at radius 3 is 1.50 bits per heavy atom. The molecule has 4 unspecified atom stereocenters. The lowest BCUT2D eigenvalue weighted by molar-refractivity contribution is -0.169. The van der Waals surface area contributed by atoms with Gasteiger partial charge in [-0.3, -0.25) is 14.5 Å². The Morgan fingerprint density at radius 1 is 0.719 bits per heavy atom. The van der Waals surface area contributed by atoms with Gasteiger partial charge in [-0.05, 0) is 13.3 Å². The van der Waals surface area contributed by atoms with Gasteiger partial charge in [0.15, 0.2) is 6.10 Å². The summed E-state index contributed by atoms with van der Waals surface area (Å²) in [6.45, 7) is 2.90. The third kappa shape index (κ3) is 11.8. The van der Waals surface area contributed by atoms with Crippen LogP contribution < -0.4 is 0 Å². The molecule has 9 nitrogen and oxygen atoms in total. The average molecular weight is 462 g/mol. The van der Waals surface area contributed by atoms with E-state index < -0.39 is 48.7 Å². The predicted molar refractivity (Wildman–Crippen MR) is 121 cm³/mol. The smallest absolute Gasteiger partial charge is 0.334 e. The first-order valence-corrected chi connectivity index (χ1v) is 11.9. The van der Waals surface area contributed by atoms with Gasteiger partial charge in [0.05, 0.1) is 6.61 Å². The van der Waals surface area contributed by atoms with Crippen molar-refractivity contribution in [2.45, 2.75) is 122 Å². The molecule has 0 aromatic carbocycles. The van der Waals surface area contributed by atoms with Crippen molar-refractivity contribution in [2.75, 3.05) is 6.61 Å². The molecule has 0 radical (unpaired) electrons. The number of aliphatic carboxylic acids is 3. The first-order valence-electron chi connectivity index (χ1n) is 11.9. The Balaban J connectivity index is 4.59. The summed E-state index contributed by atoms with van der Waals surface area (Å²) < 4.78 is 0. The summed E-state index contributed by atoms with van der Waals surface area (Å²) in [4.78, 5) is 35.3. The van der Waals surface area contributed by atoms with Gasteiger partial charge in [-0.2, -0.15) is 0 Å². The van der Waals surface area contributed by atoms with Crippen molar-refractivity contribution in [1.82, 2.24) is 4.90 Å². The van der Waals surface area contributed by atoms with Gasteiger partial charge in [0.25, 0.3) is 0 Å². The van der Waals surface area contributed by atoms with Gasteiger partial charge in [-0.1, -0.05) is 84.0 Å². The molecule has 0 aliphatic rings. The number of carboxylic acids is 3. The van der Waals surface area contributed by atoms with Crippen LogP contribution >= 0.6 is 0 Å². The maximum Gasteiger partial charge on any atom is 0.334 e. The predicted octanol–water partition coefficient (Wildman–Crippen LogP) is 3.11. The van der Waals surface area contributed by atoms with Gasteiger partial charge in [-0.25, -0.2) is 4.79 Å². The fourth-order valence-corrected chi connectivity index (χ4v) is 4.07. The van der Waals surface area contributed by atoms with Crippen LogP contribution in [-0.4, -0.2) is 79.2 Å². The van der Waals surface area contributed by atoms with Crippen LogP contribution in [0.1, 0.15) is 97.3 Å². The van der Waals surface area contributed by atoms with E-state index in [4.69, 9.17) is 5.11 Å². The van der Waals surface area contributed by atoms with E-state index in [1.807, 2.05) is 0 Å². The van der Waals surface area contributed by atoms with Gasteiger partial charge in [-0.15, -0.1) is 0 Å². The van der Waals surface area contributed by atoms with Crippen LogP contribution in [0.15, 0.2) is 0 Å². The van der Waals surface area contributed by atoms with E-state index in [0.29, 0.717) is 12.8 Å². The molecule has 188 valence electrons. The highest BCUT2D eigenvalue weighted by molar-refractivity contribution is 5.85. The van der Waals surface area contributed by atoms with Crippen LogP contribution in [0.25, 0.3) is 0 Å². The fourth-order valence-electron chi connectivity index (χ4n) is 4.07. The number of hydrogen-bond donors (Lipinski definition) is 5. The number of carbonyl (C=O) groups is 3. The minimum absolute atomic E-state index is 0.428. The Labute approximate surface area is 191 Å². The van der Waals surface area contributed by atoms with Crippen LogP contribution in [-0.2, 0) is 14.4 Å². The van der Waals surface area contributed by atoms with Crippen molar-refractivity contribution in [1.29, 1.82) is 0 Å². The van der Waals surface area contributed by atoms with Crippen molar-refractivity contribution in [3.63, 3.8) is 0 Å². The molecule has 9 heteroatoms. The quantitative estimate of drug-likeness (QED) is 0.162. The molecule has 0 saturated carbocycles. The molecule has 0 bridgehead atoms. The molecule has 0 fully saturated rings. The van der Waals surface area contributed by atoms with E-state index >= 15 is 0 Å². The highest BCUT2D eigenvalue weighted by Crippen LogP contribution is 2.21. The molecule has 4 atom stereocenters. The van der Waals surface area contributed by atoms with Gasteiger partial charge in [0, 0.05) is 6.04 Å². The maximum absolute atomic E-state index is 11.7. The third-order valence-corrected chi connectivity index (χ3v) is 5.93. The van der Waals surface area contributed by atoms with Gasteiger partial charge in [0.1, 0.15) is 12.1 Å². The summed E-state index contributed by atoms with van der Waals surface area (Å²) in [6.07, 6.45) is 12.0. The van der Waals surface area contributed by atoms with Crippen LogP contribution in [0.5, 0.6) is 0 Å². The Bertz CT molecular complexity index is 542. The van der Waals surface area contributed by atoms with Crippen molar-refractivity contribution >= 4 is 17.9 Å². The molecular formula is C23H43NO8. The second-order valence-corrected chi connectivity index (χ2v) is 8.58. The van der Waals surface area contributed by atoms with E-state index in [9.17, 15) is 34.8 Å². The molecule has 5 N–H and O–H groups in total. The van der Waals surface area contributed by atoms with Gasteiger partial charge < -0.3 is 25.5 Å². The number of nitrogens with zero attached hydrogens (tertiary/aromatic N) is 1. The number of carboxylic acid groups (broad SMARTS) is 3. The van der Waals surface area contributed by atoms with E-state index in [2.05, 4.69) is 6.92 Å². The van der Waals surface area contributed by atoms with Crippen LogP contribution in [0, 0.1) is 0 Å². The Kier molecular flexibility index (Phi) is 16.8. The Morgan fingerprint density at radius 2 is 1.16 bits per heavy atom. The van der Waals surface area contributed by atoms with Crippen molar-refractivity contribution in [3.8, 4) is 0 Å². The summed E-state index contributed by atoms with van der Waals surface area (Å²) in [7, 11) is 0. The van der Waals surface area contributed by atoms with Gasteiger partial charge in [0.2, 0.25) is 0 Å². The van der Waals surface area contributed by atoms with E-state index in [-0.39, 0.29) is 0 Å². The lowest BCUT2D eigenvalue weighted by Gasteiger charge is -2.38. The number of aliphatic hydroxyl groups is 2. The molecular weight excluding hydrogens is 418 g/mol. The summed E-state index contributed by atoms with van der Waals surface area (Å²) in [5.41, 5.74) is 0. The van der Waals surface area contributed by atoms with E-state index in [1.165, 1.54) is 51.4 Å². The van der Waals surface area contributed by atoms with Crippen molar-refractivity contribution < 1.29 is 39.9 Å². The van der Waals surface area contributed by atoms with Crippen LogP contribution in [0.3, 0.4) is 0 Å². The summed E-state index contributed by atoms with van der Waals surface area (Å²) >= 11 is 0. The standard InChI is InChI=1S/C23H43NO8/c1-3-4-5-6-7-8-9-10-11-12-13-14-15-17(2)24(18(16-25)21(27)28)19(22(29)30)20(26)23(31)32/h17-20,25-26H,3-16H2,1-2H3,(H,27,28)(H,29,30)(H,31,32). The van der Waals surface area contributed by atoms with Crippen LogP contribution in [0.2, 0.25) is 0 Å². The highest BCUT2D eigenvalue weighted by atomic mass is 16.4. The lowest BCUT2D eigenvalue weighted by atomic mass is 9.99. The largest absolute Gasteiger partial charge is 0.480 e. The molecule has 0 amide bonds. The molecule has 0 rings (SSSR count). The highest BCUT2D eigenvalue weighted by Gasteiger charge is 2.44. The molecule has 0 aliphatic carbocycles. The third-order valence-electron chi connectivity index (χ3n) is 5.93. The lowest BCUT2D eigenvalue weighted by Crippen LogP contribution is -2.61. The molecule has 0 saturated heterocycles. The SMILES string of the molecule is CCCCCCCCCCCCCCC(C)N(C(CO)C(=O)O)C(C(=O)O)C(O)C(=O)O. The monoisotopic (exact) mass is 461 g/mol. The van der Waals surface area contributed by atoms with E-state index in [0.717, 1.165) is 24.2 Å². The molecule has 0 aliphatic heterocycles. The normalized spacial score (nSPS) is 15.3. The number of rotatable bonds is 21. The van der Waals surface area contributed by atoms with E-state index in [1.54, 1.807) is 6.92 Å². The molecule has 0 heterocycles. The zero-order valence-electron chi connectivity index (χ0n) is 19.6. The first kappa shape index (κ1) is 30.3. The molecule has 32 heavy (non-hydrogen) atoms. The fraction of sp³-hybridized carbons (Fsp3) is 0.870. The summed E-state index contributed by atoms with van der Waals surface area (Å²) in [5, 5.41) is 47.3. The summed E-state index contributed by atoms with van der Waals surface area (Å²) in [5.74, 6) is -4.89. The topological polar surface area (TPSA) is 156 Å². The molecule has 0 spiro atoms. The number of aliphatic hydroxyl groups excluding tert-OH is 2. The Hall–Kier alpha value is -1.71. The number of hydrogen-bond acceptors (Lipinski definition) is 6.